The van der Waals surface area contributed by atoms with Crippen molar-refractivity contribution >= 4 is 10.0 Å². The van der Waals surface area contributed by atoms with Crippen molar-refractivity contribution in [2.24, 2.45) is 0 Å². The molecular formula is C11H16FNO3S. The predicted octanol–water partition coefficient (Wildman–Crippen LogP) is 1.28. The summed E-state index contributed by atoms with van der Waals surface area (Å²) < 4.78 is 43.9. The molecular weight excluding hydrogens is 245 g/mol. The highest BCUT2D eigenvalue weighted by Crippen LogP contribution is 2.10. The van der Waals surface area contributed by atoms with E-state index >= 15 is 0 Å². The summed E-state index contributed by atoms with van der Waals surface area (Å²) in [5.41, 5.74) is 0.157. The summed E-state index contributed by atoms with van der Waals surface area (Å²) in [5.74, 6) is -0.884. The Labute approximate surface area is 101 Å². The minimum Gasteiger partial charge on any atom is -0.383 e. The smallest absolute Gasteiger partial charge is 0.216 e. The molecule has 1 rings (SSSR count). The van der Waals surface area contributed by atoms with Crippen LogP contribution in [0.5, 0.6) is 0 Å². The van der Waals surface area contributed by atoms with Gasteiger partial charge in [-0.3, -0.25) is 0 Å². The first-order valence-corrected chi connectivity index (χ1v) is 6.82. The van der Waals surface area contributed by atoms with E-state index in [0.717, 1.165) is 0 Å². The van der Waals surface area contributed by atoms with E-state index in [0.29, 0.717) is 0 Å². The van der Waals surface area contributed by atoms with Crippen molar-refractivity contribution < 1.29 is 17.5 Å². The number of halogens is 1. The summed E-state index contributed by atoms with van der Waals surface area (Å²) in [4.78, 5) is 0. The van der Waals surface area contributed by atoms with E-state index in [1.54, 1.807) is 13.0 Å². The molecule has 0 aliphatic carbocycles. The van der Waals surface area contributed by atoms with Crippen LogP contribution in [0.4, 0.5) is 4.39 Å². The first kappa shape index (κ1) is 14.1. The van der Waals surface area contributed by atoms with Gasteiger partial charge in [-0.1, -0.05) is 18.2 Å². The van der Waals surface area contributed by atoms with Gasteiger partial charge in [0.25, 0.3) is 0 Å². The van der Waals surface area contributed by atoms with Crippen LogP contribution in [0.1, 0.15) is 12.5 Å². The zero-order chi connectivity index (χ0) is 12.9. The lowest BCUT2D eigenvalue weighted by Gasteiger charge is -2.13. The zero-order valence-corrected chi connectivity index (χ0v) is 10.6. The molecule has 0 amide bonds. The third kappa shape index (κ3) is 4.80. The molecule has 0 radical (unpaired) electrons. The second kappa shape index (κ2) is 6.09. The van der Waals surface area contributed by atoms with Gasteiger partial charge in [-0.05, 0) is 13.0 Å². The molecule has 0 aromatic heterocycles. The van der Waals surface area contributed by atoms with Crippen LogP contribution >= 0.6 is 0 Å². The predicted molar refractivity (Wildman–Crippen MR) is 63.5 cm³/mol. The average molecular weight is 261 g/mol. The Balaban J connectivity index is 2.70. The SMILES string of the molecule is COCC(C)NS(=O)(=O)Cc1ccccc1F. The fraction of sp³-hybridized carbons (Fsp3) is 0.455. The Morgan fingerprint density at radius 1 is 1.41 bits per heavy atom. The van der Waals surface area contributed by atoms with Gasteiger partial charge in [0.15, 0.2) is 0 Å². The standard InChI is InChI=1S/C11H16FNO3S/c1-9(7-16-2)13-17(14,15)8-10-5-3-4-6-11(10)12/h3-6,9,13H,7-8H2,1-2H3. The fourth-order valence-corrected chi connectivity index (χ4v) is 2.86. The molecule has 0 fully saturated rings. The highest BCUT2D eigenvalue weighted by molar-refractivity contribution is 7.88. The fourth-order valence-electron chi connectivity index (χ4n) is 1.45. The number of sulfonamides is 1. The van der Waals surface area contributed by atoms with Crippen LogP contribution in [0.25, 0.3) is 0 Å². The lowest BCUT2D eigenvalue weighted by molar-refractivity contribution is 0.180. The number of hydrogen-bond acceptors (Lipinski definition) is 3. The van der Waals surface area contributed by atoms with E-state index in [2.05, 4.69) is 4.72 Å². The molecule has 17 heavy (non-hydrogen) atoms. The summed E-state index contributed by atoms with van der Waals surface area (Å²) in [7, 11) is -2.06. The molecule has 4 nitrogen and oxygen atoms in total. The molecule has 1 atom stereocenters. The maximum absolute atomic E-state index is 13.3. The van der Waals surface area contributed by atoms with E-state index < -0.39 is 15.8 Å². The van der Waals surface area contributed by atoms with Gasteiger partial charge >= 0.3 is 0 Å². The lowest BCUT2D eigenvalue weighted by atomic mass is 10.2. The molecule has 0 heterocycles. The largest absolute Gasteiger partial charge is 0.383 e. The number of nitrogens with one attached hydrogen (secondary N) is 1. The average Bonchev–Trinajstić information content (AvgIpc) is 2.20. The highest BCUT2D eigenvalue weighted by Gasteiger charge is 2.16. The van der Waals surface area contributed by atoms with Crippen molar-refractivity contribution in [3.8, 4) is 0 Å². The van der Waals surface area contributed by atoms with Gasteiger partial charge in [-0.25, -0.2) is 17.5 Å². The molecule has 1 aromatic rings. The molecule has 1 N–H and O–H groups in total. The van der Waals surface area contributed by atoms with Gasteiger partial charge in [-0.15, -0.1) is 0 Å². The Hall–Kier alpha value is -0.980. The normalized spacial score (nSPS) is 13.6. The van der Waals surface area contributed by atoms with Crippen LogP contribution in [0.2, 0.25) is 0 Å². The van der Waals surface area contributed by atoms with Crippen LogP contribution in [-0.4, -0.2) is 28.2 Å². The molecule has 0 bridgehead atoms. The van der Waals surface area contributed by atoms with E-state index in [1.807, 2.05) is 0 Å². The molecule has 96 valence electrons. The molecule has 0 aliphatic heterocycles. The summed E-state index contributed by atoms with van der Waals surface area (Å²) in [5, 5.41) is 0. The molecule has 1 unspecified atom stereocenters. The Morgan fingerprint density at radius 2 is 2.06 bits per heavy atom. The topological polar surface area (TPSA) is 55.4 Å². The maximum Gasteiger partial charge on any atom is 0.216 e. The van der Waals surface area contributed by atoms with Crippen molar-refractivity contribution in [2.75, 3.05) is 13.7 Å². The lowest BCUT2D eigenvalue weighted by Crippen LogP contribution is -2.36. The van der Waals surface area contributed by atoms with Gasteiger partial charge in [-0.2, -0.15) is 0 Å². The molecule has 0 saturated heterocycles. The van der Waals surface area contributed by atoms with Gasteiger partial charge < -0.3 is 4.74 Å². The van der Waals surface area contributed by atoms with Crippen molar-refractivity contribution in [1.82, 2.24) is 4.72 Å². The molecule has 0 saturated carbocycles. The van der Waals surface area contributed by atoms with Gasteiger partial charge in [0.1, 0.15) is 5.82 Å². The number of rotatable bonds is 6. The van der Waals surface area contributed by atoms with Crippen LogP contribution in [0, 0.1) is 5.82 Å². The van der Waals surface area contributed by atoms with Crippen LogP contribution in [-0.2, 0) is 20.5 Å². The minimum absolute atomic E-state index is 0.157. The first-order chi connectivity index (χ1) is 7.94. The maximum atomic E-state index is 13.3. The van der Waals surface area contributed by atoms with Crippen molar-refractivity contribution in [3.05, 3.63) is 35.6 Å². The minimum atomic E-state index is -3.55. The highest BCUT2D eigenvalue weighted by atomic mass is 32.2. The third-order valence-electron chi connectivity index (χ3n) is 2.10. The Morgan fingerprint density at radius 3 is 2.65 bits per heavy atom. The second-order valence-corrected chi connectivity index (χ2v) is 5.58. The molecule has 0 aliphatic rings. The Kier molecular flexibility index (Phi) is 5.04. The van der Waals surface area contributed by atoms with Gasteiger partial charge in [0, 0.05) is 18.7 Å². The van der Waals surface area contributed by atoms with E-state index in [4.69, 9.17) is 4.74 Å². The van der Waals surface area contributed by atoms with Crippen LogP contribution < -0.4 is 4.72 Å². The van der Waals surface area contributed by atoms with E-state index in [-0.39, 0.29) is 24.0 Å². The van der Waals surface area contributed by atoms with E-state index in [1.165, 1.54) is 25.3 Å². The van der Waals surface area contributed by atoms with Crippen molar-refractivity contribution in [1.29, 1.82) is 0 Å². The summed E-state index contributed by atoms with van der Waals surface area (Å²) in [6.07, 6.45) is 0. The molecule has 6 heteroatoms. The second-order valence-electron chi connectivity index (χ2n) is 3.82. The number of ether oxygens (including phenoxy) is 1. The Bertz CT molecular complexity index is 462. The summed E-state index contributed by atoms with van der Waals surface area (Å²) in [6.45, 7) is 1.96. The van der Waals surface area contributed by atoms with Crippen molar-refractivity contribution in [2.45, 2.75) is 18.7 Å². The first-order valence-electron chi connectivity index (χ1n) is 5.17. The van der Waals surface area contributed by atoms with Gasteiger partial charge in [0.2, 0.25) is 10.0 Å². The number of methoxy groups -OCH3 is 1. The van der Waals surface area contributed by atoms with E-state index in [9.17, 15) is 12.8 Å². The molecule has 1 aromatic carbocycles. The monoisotopic (exact) mass is 261 g/mol. The number of hydrogen-bond donors (Lipinski definition) is 1. The quantitative estimate of drug-likeness (QED) is 0.839. The van der Waals surface area contributed by atoms with Crippen LogP contribution in [0.15, 0.2) is 24.3 Å². The van der Waals surface area contributed by atoms with Crippen molar-refractivity contribution in [3.63, 3.8) is 0 Å². The van der Waals surface area contributed by atoms with Crippen LogP contribution in [0.3, 0.4) is 0 Å². The summed E-state index contributed by atoms with van der Waals surface area (Å²) in [6, 6.07) is 5.48. The third-order valence-corrected chi connectivity index (χ3v) is 3.55. The summed E-state index contributed by atoms with van der Waals surface area (Å²) >= 11 is 0. The number of benzene rings is 1. The molecule has 0 spiro atoms. The van der Waals surface area contributed by atoms with Gasteiger partial charge in [0.05, 0.1) is 12.4 Å². The zero-order valence-electron chi connectivity index (χ0n) is 9.81.